The minimum Gasteiger partial charge on any atom is -0.494 e. The maximum Gasteiger partial charge on any atom is 0.193 e. The van der Waals surface area contributed by atoms with Crippen LogP contribution in [0.2, 0.25) is 0 Å². The van der Waals surface area contributed by atoms with Crippen molar-refractivity contribution < 1.29 is 4.74 Å². The maximum atomic E-state index is 5.49. The van der Waals surface area contributed by atoms with Crippen molar-refractivity contribution in [2.24, 2.45) is 4.99 Å². The average molecular weight is 460 g/mol. The van der Waals surface area contributed by atoms with E-state index >= 15 is 0 Å². The standard InChI is InChI=1S/C19H32N4O.HI/c1-5-23(17-9-10-17)14-13-21-19(20-3)22(4)15-16-7-11-18(12-8-16)24-6-2;/h7-8,11-12,17H,5-6,9-10,13-15H2,1-4H3,(H,20,21);1H. The fraction of sp³-hybridized carbons (Fsp3) is 0.632. The van der Waals surface area contributed by atoms with Gasteiger partial charge in [-0.2, -0.15) is 0 Å². The molecule has 0 aliphatic heterocycles. The quantitative estimate of drug-likeness (QED) is 0.349. The summed E-state index contributed by atoms with van der Waals surface area (Å²) in [4.78, 5) is 9.11. The van der Waals surface area contributed by atoms with E-state index in [1.54, 1.807) is 0 Å². The fourth-order valence-corrected chi connectivity index (χ4v) is 2.94. The molecular weight excluding hydrogens is 427 g/mol. The van der Waals surface area contributed by atoms with Gasteiger partial charge in [-0.15, -0.1) is 24.0 Å². The van der Waals surface area contributed by atoms with Crippen LogP contribution >= 0.6 is 24.0 Å². The van der Waals surface area contributed by atoms with E-state index in [9.17, 15) is 0 Å². The Morgan fingerprint density at radius 1 is 1.24 bits per heavy atom. The summed E-state index contributed by atoms with van der Waals surface area (Å²) in [6.07, 6.45) is 2.72. The van der Waals surface area contributed by atoms with Crippen LogP contribution in [0.4, 0.5) is 0 Å². The van der Waals surface area contributed by atoms with Crippen LogP contribution in [0.15, 0.2) is 29.3 Å². The van der Waals surface area contributed by atoms with Crippen LogP contribution < -0.4 is 10.1 Å². The van der Waals surface area contributed by atoms with Crippen molar-refractivity contribution in [2.45, 2.75) is 39.3 Å². The van der Waals surface area contributed by atoms with E-state index in [0.717, 1.165) is 43.9 Å². The Labute approximate surface area is 169 Å². The third-order valence-corrected chi connectivity index (χ3v) is 4.38. The van der Waals surface area contributed by atoms with Gasteiger partial charge >= 0.3 is 0 Å². The average Bonchev–Trinajstić information content (AvgIpc) is 3.42. The normalized spacial score (nSPS) is 14.2. The Kier molecular flexibility index (Phi) is 10.2. The molecule has 2 rings (SSSR count). The lowest BCUT2D eigenvalue weighted by molar-refractivity contribution is 0.280. The van der Waals surface area contributed by atoms with Gasteiger partial charge in [-0.25, -0.2) is 0 Å². The first-order valence-electron chi connectivity index (χ1n) is 9.05. The molecule has 1 saturated carbocycles. The molecule has 1 aliphatic rings. The molecule has 0 atom stereocenters. The molecule has 0 unspecified atom stereocenters. The third-order valence-electron chi connectivity index (χ3n) is 4.38. The zero-order chi connectivity index (χ0) is 17.4. The van der Waals surface area contributed by atoms with Crippen LogP contribution in [-0.2, 0) is 6.54 Å². The molecule has 1 N–H and O–H groups in total. The highest BCUT2D eigenvalue weighted by molar-refractivity contribution is 14.0. The summed E-state index contributed by atoms with van der Waals surface area (Å²) in [6, 6.07) is 9.09. The number of hydrogen-bond acceptors (Lipinski definition) is 3. The van der Waals surface area contributed by atoms with Crippen LogP contribution in [0.3, 0.4) is 0 Å². The van der Waals surface area contributed by atoms with Crippen molar-refractivity contribution in [3.05, 3.63) is 29.8 Å². The number of nitrogens with zero attached hydrogens (tertiary/aromatic N) is 3. The summed E-state index contributed by atoms with van der Waals surface area (Å²) in [5, 5.41) is 3.48. The number of hydrogen-bond donors (Lipinski definition) is 1. The Balaban J connectivity index is 0.00000312. The largest absolute Gasteiger partial charge is 0.494 e. The highest BCUT2D eigenvalue weighted by atomic mass is 127. The summed E-state index contributed by atoms with van der Waals surface area (Å²) in [6.45, 7) is 8.91. The molecule has 1 aromatic carbocycles. The molecule has 25 heavy (non-hydrogen) atoms. The number of benzene rings is 1. The van der Waals surface area contributed by atoms with Crippen LogP contribution in [-0.4, -0.2) is 62.1 Å². The van der Waals surface area contributed by atoms with E-state index in [0.29, 0.717) is 6.61 Å². The smallest absolute Gasteiger partial charge is 0.193 e. The maximum absolute atomic E-state index is 5.49. The van der Waals surface area contributed by atoms with Crippen molar-refractivity contribution >= 4 is 29.9 Å². The van der Waals surface area contributed by atoms with E-state index in [2.05, 4.69) is 46.2 Å². The van der Waals surface area contributed by atoms with Gasteiger partial charge in [-0.1, -0.05) is 19.1 Å². The molecule has 142 valence electrons. The molecule has 0 spiro atoms. The Morgan fingerprint density at radius 2 is 1.92 bits per heavy atom. The first-order valence-corrected chi connectivity index (χ1v) is 9.05. The summed E-state index contributed by atoms with van der Waals surface area (Å²) >= 11 is 0. The van der Waals surface area contributed by atoms with Gasteiger partial charge in [-0.05, 0) is 44.0 Å². The number of aliphatic imine (C=N–C) groups is 1. The van der Waals surface area contributed by atoms with Gasteiger partial charge in [0.2, 0.25) is 0 Å². The first-order chi connectivity index (χ1) is 11.7. The topological polar surface area (TPSA) is 40.1 Å². The van der Waals surface area contributed by atoms with Crippen molar-refractivity contribution in [2.75, 3.05) is 40.3 Å². The van der Waals surface area contributed by atoms with Gasteiger partial charge < -0.3 is 15.0 Å². The summed E-state index contributed by atoms with van der Waals surface area (Å²) in [5.41, 5.74) is 1.25. The predicted octanol–water partition coefficient (Wildman–Crippen LogP) is 3.19. The number of ether oxygens (including phenoxy) is 1. The van der Waals surface area contributed by atoms with Crippen molar-refractivity contribution in [3.8, 4) is 5.75 Å². The second-order valence-corrected chi connectivity index (χ2v) is 6.27. The van der Waals surface area contributed by atoms with Gasteiger partial charge in [0.15, 0.2) is 5.96 Å². The monoisotopic (exact) mass is 460 g/mol. The third kappa shape index (κ3) is 7.40. The second kappa shape index (κ2) is 11.6. The predicted molar refractivity (Wildman–Crippen MR) is 116 cm³/mol. The fourth-order valence-electron chi connectivity index (χ4n) is 2.94. The molecular formula is C19H33IN4O. The molecule has 0 radical (unpaired) electrons. The zero-order valence-electron chi connectivity index (χ0n) is 16.0. The molecule has 1 aliphatic carbocycles. The van der Waals surface area contributed by atoms with Gasteiger partial charge in [0.1, 0.15) is 5.75 Å². The number of rotatable bonds is 9. The van der Waals surface area contributed by atoms with Crippen molar-refractivity contribution in [3.63, 3.8) is 0 Å². The van der Waals surface area contributed by atoms with Gasteiger partial charge in [0, 0.05) is 39.8 Å². The molecule has 1 fully saturated rings. The molecule has 0 amide bonds. The second-order valence-electron chi connectivity index (χ2n) is 6.27. The van der Waals surface area contributed by atoms with Crippen LogP contribution in [0.5, 0.6) is 5.75 Å². The van der Waals surface area contributed by atoms with Crippen LogP contribution in [0.1, 0.15) is 32.3 Å². The van der Waals surface area contributed by atoms with E-state index in [-0.39, 0.29) is 24.0 Å². The zero-order valence-corrected chi connectivity index (χ0v) is 18.3. The Hall–Kier alpha value is -1.02. The summed E-state index contributed by atoms with van der Waals surface area (Å²) in [5.74, 6) is 1.86. The molecule has 0 heterocycles. The number of halogens is 1. The van der Waals surface area contributed by atoms with Crippen LogP contribution in [0.25, 0.3) is 0 Å². The van der Waals surface area contributed by atoms with Gasteiger partial charge in [0.05, 0.1) is 6.61 Å². The van der Waals surface area contributed by atoms with E-state index < -0.39 is 0 Å². The minimum atomic E-state index is 0. The molecule has 5 nitrogen and oxygen atoms in total. The SMILES string of the molecule is CCOc1ccc(CN(C)C(=NC)NCCN(CC)C2CC2)cc1.I. The minimum absolute atomic E-state index is 0. The highest BCUT2D eigenvalue weighted by Crippen LogP contribution is 2.25. The molecule has 0 aromatic heterocycles. The van der Waals surface area contributed by atoms with E-state index in [4.69, 9.17) is 4.74 Å². The van der Waals surface area contributed by atoms with E-state index in [1.165, 1.54) is 18.4 Å². The highest BCUT2D eigenvalue weighted by Gasteiger charge is 2.27. The summed E-state index contributed by atoms with van der Waals surface area (Å²) < 4.78 is 5.49. The molecule has 1 aromatic rings. The van der Waals surface area contributed by atoms with E-state index in [1.807, 2.05) is 26.1 Å². The van der Waals surface area contributed by atoms with Crippen molar-refractivity contribution in [1.29, 1.82) is 0 Å². The lowest BCUT2D eigenvalue weighted by atomic mass is 10.2. The van der Waals surface area contributed by atoms with Gasteiger partial charge in [-0.3, -0.25) is 9.89 Å². The molecule has 6 heteroatoms. The van der Waals surface area contributed by atoms with Crippen molar-refractivity contribution in [1.82, 2.24) is 15.1 Å². The Morgan fingerprint density at radius 3 is 2.44 bits per heavy atom. The van der Waals surface area contributed by atoms with Gasteiger partial charge in [0.25, 0.3) is 0 Å². The lowest BCUT2D eigenvalue weighted by Crippen LogP contribution is -2.42. The van der Waals surface area contributed by atoms with Crippen LogP contribution in [0, 0.1) is 0 Å². The number of nitrogens with one attached hydrogen (secondary N) is 1. The first kappa shape index (κ1) is 22.0. The molecule has 0 saturated heterocycles. The number of likely N-dealkylation sites (N-methyl/N-ethyl adjacent to an activating group) is 1. The lowest BCUT2D eigenvalue weighted by Gasteiger charge is -2.24. The number of guanidine groups is 1. The Bertz CT molecular complexity index is 517. The molecule has 0 bridgehead atoms. The summed E-state index contributed by atoms with van der Waals surface area (Å²) in [7, 11) is 3.92.